The minimum atomic E-state index is -3.78. The fourth-order valence-corrected chi connectivity index (χ4v) is 5.15. The molecule has 2 aromatic carbocycles. The van der Waals surface area contributed by atoms with Crippen LogP contribution >= 0.6 is 23.1 Å². The minimum Gasteiger partial charge on any atom is -0.296 e. The number of aryl methyl sites for hydroxylation is 2. The Balaban J connectivity index is 1.53. The predicted octanol–water partition coefficient (Wildman–Crippen LogP) is 3.48. The average Bonchev–Trinajstić information content (AvgIpc) is 3.16. The summed E-state index contributed by atoms with van der Waals surface area (Å²) < 4.78 is 27.1. The van der Waals surface area contributed by atoms with Gasteiger partial charge in [0.05, 0.1) is 0 Å². The SMILES string of the molecule is Cc1ccc(SCCNS(=O)(=O)c2nnc(NC(=O)c3ccc(C)cc3)s2)cc1. The van der Waals surface area contributed by atoms with Gasteiger partial charge in [0.25, 0.3) is 15.9 Å². The van der Waals surface area contributed by atoms with Crippen LogP contribution in [0.25, 0.3) is 0 Å². The Kier molecular flexibility index (Phi) is 7.01. The first-order chi connectivity index (χ1) is 13.8. The summed E-state index contributed by atoms with van der Waals surface area (Å²) in [5.74, 6) is 0.213. The van der Waals surface area contributed by atoms with Gasteiger partial charge in [0, 0.05) is 22.8 Å². The van der Waals surface area contributed by atoms with Crippen molar-refractivity contribution in [3.05, 3.63) is 65.2 Å². The van der Waals surface area contributed by atoms with Crippen LogP contribution in [0.1, 0.15) is 21.5 Å². The number of nitrogens with zero attached hydrogens (tertiary/aromatic N) is 2. The van der Waals surface area contributed by atoms with E-state index in [2.05, 4.69) is 20.2 Å². The number of hydrogen-bond donors (Lipinski definition) is 2. The maximum atomic E-state index is 12.4. The Morgan fingerprint density at radius 3 is 2.28 bits per heavy atom. The molecule has 0 aliphatic heterocycles. The smallest absolute Gasteiger partial charge is 0.269 e. The van der Waals surface area contributed by atoms with Crippen LogP contribution in [0, 0.1) is 13.8 Å². The number of anilines is 1. The molecule has 2 N–H and O–H groups in total. The number of carbonyl (C=O) groups excluding carboxylic acids is 1. The van der Waals surface area contributed by atoms with E-state index in [4.69, 9.17) is 0 Å². The highest BCUT2D eigenvalue weighted by Gasteiger charge is 2.20. The lowest BCUT2D eigenvalue weighted by molar-refractivity contribution is 0.102. The third kappa shape index (κ3) is 6.10. The van der Waals surface area contributed by atoms with Crippen molar-refractivity contribution in [2.75, 3.05) is 17.6 Å². The van der Waals surface area contributed by atoms with Crippen molar-refractivity contribution < 1.29 is 13.2 Å². The topological polar surface area (TPSA) is 101 Å². The van der Waals surface area contributed by atoms with Crippen LogP contribution in [0.5, 0.6) is 0 Å². The fraction of sp³-hybridized carbons (Fsp3) is 0.211. The van der Waals surface area contributed by atoms with Crippen LogP contribution in [0.15, 0.2) is 57.8 Å². The first-order valence-corrected chi connectivity index (χ1v) is 12.0. The molecule has 0 radical (unpaired) electrons. The summed E-state index contributed by atoms with van der Waals surface area (Å²) in [4.78, 5) is 13.3. The Morgan fingerprint density at radius 1 is 1.00 bits per heavy atom. The molecule has 3 rings (SSSR count). The molecule has 1 heterocycles. The number of amides is 1. The second kappa shape index (κ2) is 9.49. The molecule has 0 saturated carbocycles. The van der Waals surface area contributed by atoms with Crippen molar-refractivity contribution in [3.63, 3.8) is 0 Å². The van der Waals surface area contributed by atoms with Crippen molar-refractivity contribution in [1.29, 1.82) is 0 Å². The summed E-state index contributed by atoms with van der Waals surface area (Å²) in [5, 5.41) is 10.2. The van der Waals surface area contributed by atoms with Crippen LogP contribution in [0.2, 0.25) is 0 Å². The van der Waals surface area contributed by atoms with Gasteiger partial charge in [-0.25, -0.2) is 13.1 Å². The standard InChI is InChI=1S/C19H20N4O3S3/c1-13-3-7-15(8-4-13)17(24)21-18-22-23-19(28-18)29(25,26)20-11-12-27-16-9-5-14(2)6-10-16/h3-10,20H,11-12H2,1-2H3,(H,21,22,24). The van der Waals surface area contributed by atoms with Crippen molar-refractivity contribution in [3.8, 4) is 0 Å². The van der Waals surface area contributed by atoms with Crippen molar-refractivity contribution in [2.45, 2.75) is 23.1 Å². The Labute approximate surface area is 178 Å². The van der Waals surface area contributed by atoms with E-state index in [-0.39, 0.29) is 21.9 Å². The molecule has 0 atom stereocenters. The maximum Gasteiger partial charge on any atom is 0.269 e. The van der Waals surface area contributed by atoms with E-state index in [9.17, 15) is 13.2 Å². The molecule has 0 saturated heterocycles. The summed E-state index contributed by atoms with van der Waals surface area (Å²) in [7, 11) is -3.78. The molecular formula is C19H20N4O3S3. The van der Waals surface area contributed by atoms with Crippen LogP contribution in [0.4, 0.5) is 5.13 Å². The lowest BCUT2D eigenvalue weighted by atomic mass is 10.1. The van der Waals surface area contributed by atoms with Gasteiger partial charge < -0.3 is 0 Å². The molecule has 0 unspecified atom stereocenters. The number of hydrogen-bond acceptors (Lipinski definition) is 7. The zero-order valence-corrected chi connectivity index (χ0v) is 18.3. The first-order valence-electron chi connectivity index (χ1n) is 8.74. The van der Waals surface area contributed by atoms with E-state index in [1.165, 1.54) is 5.56 Å². The number of rotatable bonds is 8. The van der Waals surface area contributed by atoms with Crippen LogP contribution in [-0.2, 0) is 10.0 Å². The summed E-state index contributed by atoms with van der Waals surface area (Å²) in [6, 6.07) is 15.1. The van der Waals surface area contributed by atoms with Crippen LogP contribution < -0.4 is 10.0 Å². The van der Waals surface area contributed by atoms with Crippen LogP contribution in [0.3, 0.4) is 0 Å². The molecule has 29 heavy (non-hydrogen) atoms. The number of carbonyl (C=O) groups is 1. The molecule has 1 amide bonds. The van der Waals surface area contributed by atoms with Gasteiger partial charge >= 0.3 is 0 Å². The third-order valence-electron chi connectivity index (χ3n) is 3.85. The molecular weight excluding hydrogens is 428 g/mol. The van der Waals surface area contributed by atoms with Gasteiger partial charge in [-0.3, -0.25) is 10.1 Å². The lowest BCUT2D eigenvalue weighted by Crippen LogP contribution is -2.25. The molecule has 7 nitrogen and oxygen atoms in total. The quantitative estimate of drug-likeness (QED) is 0.311. The number of nitrogens with one attached hydrogen (secondary N) is 2. The van der Waals surface area contributed by atoms with E-state index in [0.717, 1.165) is 21.8 Å². The molecule has 0 spiro atoms. The maximum absolute atomic E-state index is 12.4. The van der Waals surface area contributed by atoms with Gasteiger partial charge in [-0.05, 0) is 38.1 Å². The van der Waals surface area contributed by atoms with Crippen LogP contribution in [-0.4, -0.2) is 36.8 Å². The average molecular weight is 449 g/mol. The van der Waals surface area contributed by atoms with Crippen molar-refractivity contribution >= 4 is 44.2 Å². The monoisotopic (exact) mass is 448 g/mol. The van der Waals surface area contributed by atoms with Gasteiger partial charge in [-0.1, -0.05) is 46.7 Å². The second-order valence-corrected chi connectivity index (χ2v) is 10.3. The Hall–Kier alpha value is -2.27. The predicted molar refractivity (Wildman–Crippen MR) is 116 cm³/mol. The van der Waals surface area contributed by atoms with Crippen molar-refractivity contribution in [2.24, 2.45) is 0 Å². The lowest BCUT2D eigenvalue weighted by Gasteiger charge is -2.04. The largest absolute Gasteiger partial charge is 0.296 e. The van der Waals surface area contributed by atoms with E-state index in [1.807, 2.05) is 50.2 Å². The normalized spacial score (nSPS) is 11.4. The summed E-state index contributed by atoms with van der Waals surface area (Å²) in [6.07, 6.45) is 0. The highest BCUT2D eigenvalue weighted by molar-refractivity contribution is 7.99. The number of benzene rings is 2. The number of sulfonamides is 1. The van der Waals surface area contributed by atoms with Gasteiger partial charge in [-0.15, -0.1) is 22.0 Å². The first kappa shape index (κ1) is 21.4. The molecule has 3 aromatic rings. The van der Waals surface area contributed by atoms with E-state index in [1.54, 1.807) is 23.9 Å². The fourth-order valence-electron chi connectivity index (χ4n) is 2.28. The summed E-state index contributed by atoms with van der Waals surface area (Å²) in [5.41, 5.74) is 2.68. The van der Waals surface area contributed by atoms with E-state index in [0.29, 0.717) is 11.3 Å². The summed E-state index contributed by atoms with van der Waals surface area (Å²) in [6.45, 7) is 4.20. The zero-order chi connectivity index (χ0) is 20.9. The minimum absolute atomic E-state index is 0.130. The van der Waals surface area contributed by atoms with Gasteiger partial charge in [0.1, 0.15) is 0 Å². The second-order valence-electron chi connectivity index (χ2n) is 6.25. The Bertz CT molecular complexity index is 1080. The third-order valence-corrected chi connectivity index (χ3v) is 7.54. The van der Waals surface area contributed by atoms with E-state index < -0.39 is 10.0 Å². The van der Waals surface area contributed by atoms with Gasteiger partial charge in [0.2, 0.25) is 9.47 Å². The highest BCUT2D eigenvalue weighted by Crippen LogP contribution is 2.21. The van der Waals surface area contributed by atoms with Crippen molar-refractivity contribution in [1.82, 2.24) is 14.9 Å². The summed E-state index contributed by atoms with van der Waals surface area (Å²) >= 11 is 2.37. The number of thioether (sulfide) groups is 1. The molecule has 0 aliphatic rings. The van der Waals surface area contributed by atoms with E-state index >= 15 is 0 Å². The molecule has 0 fully saturated rings. The molecule has 0 aliphatic carbocycles. The highest BCUT2D eigenvalue weighted by atomic mass is 32.2. The number of aromatic nitrogens is 2. The molecule has 152 valence electrons. The van der Waals surface area contributed by atoms with Gasteiger partial charge in [-0.2, -0.15) is 0 Å². The molecule has 10 heteroatoms. The zero-order valence-electron chi connectivity index (χ0n) is 15.9. The molecule has 1 aromatic heterocycles. The molecule has 0 bridgehead atoms. The Morgan fingerprint density at radius 2 is 1.62 bits per heavy atom. The van der Waals surface area contributed by atoms with Gasteiger partial charge in [0.15, 0.2) is 0 Å².